The van der Waals surface area contributed by atoms with E-state index in [4.69, 9.17) is 4.42 Å². The van der Waals surface area contributed by atoms with Gasteiger partial charge in [0.1, 0.15) is 27.8 Å². The number of nitriles is 1. The zero-order valence-electron chi connectivity index (χ0n) is 26.1. The van der Waals surface area contributed by atoms with Crippen molar-refractivity contribution in [1.82, 2.24) is 5.32 Å². The number of nitrogens with zero attached hydrogens (tertiary/aromatic N) is 1. The molecule has 0 bridgehead atoms. The molecule has 2 unspecified atom stereocenters. The molecule has 2 atom stereocenters. The summed E-state index contributed by atoms with van der Waals surface area (Å²) in [6.45, 7) is 2.21. The van der Waals surface area contributed by atoms with Crippen molar-refractivity contribution in [3.05, 3.63) is 142 Å². The Bertz CT molecular complexity index is 2000. The molecule has 10 heteroatoms. The summed E-state index contributed by atoms with van der Waals surface area (Å²) in [5, 5.41) is 18.6. The molecule has 3 amide bonds. The second-order valence-electron chi connectivity index (χ2n) is 11.4. The minimum atomic E-state index is -0.638. The Labute approximate surface area is 286 Å². The molecule has 1 aliphatic rings. The molecule has 8 nitrogen and oxygen atoms in total. The second kappa shape index (κ2) is 15.0. The van der Waals surface area contributed by atoms with E-state index < -0.39 is 17.1 Å². The summed E-state index contributed by atoms with van der Waals surface area (Å²) >= 11 is 2.84. The van der Waals surface area contributed by atoms with Crippen molar-refractivity contribution in [2.75, 3.05) is 10.6 Å². The van der Waals surface area contributed by atoms with E-state index in [2.05, 4.69) is 28.9 Å². The van der Waals surface area contributed by atoms with Crippen LogP contribution < -0.4 is 16.0 Å². The Hall–Kier alpha value is -5.37. The fraction of sp³-hybridized carbons (Fsp3) is 0.158. The van der Waals surface area contributed by atoms with Gasteiger partial charge in [-0.15, -0.1) is 23.1 Å². The van der Waals surface area contributed by atoms with E-state index in [1.807, 2.05) is 36.4 Å². The van der Waals surface area contributed by atoms with Crippen molar-refractivity contribution < 1.29 is 18.8 Å². The normalized spacial score (nSPS) is 14.7. The highest BCUT2D eigenvalue weighted by atomic mass is 32.2. The van der Waals surface area contributed by atoms with Crippen molar-refractivity contribution in [3.63, 3.8) is 0 Å². The van der Waals surface area contributed by atoms with Crippen LogP contribution >= 0.6 is 23.1 Å². The van der Waals surface area contributed by atoms with E-state index in [1.165, 1.54) is 40.3 Å². The first-order valence-corrected chi connectivity index (χ1v) is 17.2. The monoisotopic (exact) mass is 672 g/mol. The van der Waals surface area contributed by atoms with Crippen LogP contribution in [0.5, 0.6) is 0 Å². The topological polar surface area (TPSA) is 124 Å². The second-order valence-corrected chi connectivity index (χ2v) is 13.7. The number of carbonyl (C=O) groups excluding carboxylic acids is 3. The van der Waals surface area contributed by atoms with Crippen LogP contribution in [0.1, 0.15) is 56.3 Å². The summed E-state index contributed by atoms with van der Waals surface area (Å²) in [7, 11) is 0. The number of rotatable bonds is 10. The van der Waals surface area contributed by atoms with E-state index in [0.717, 1.165) is 35.3 Å². The fourth-order valence-corrected chi connectivity index (χ4v) is 7.92. The molecule has 6 rings (SSSR count). The maximum Gasteiger partial charge on any atom is 0.272 e. The lowest BCUT2D eigenvalue weighted by atomic mass is 9.88. The molecule has 0 radical (unpaired) electrons. The average molecular weight is 673 g/mol. The molecule has 3 N–H and O–H groups in total. The third kappa shape index (κ3) is 7.77. The Morgan fingerprint density at radius 3 is 2.48 bits per heavy atom. The molecular formula is C38H32N4O4S2. The minimum Gasteiger partial charge on any atom is -0.465 e. The standard InChI is InChI=1S/C38H32N4O4S2/c1-24-17-18-30-31(23-39)38(48-33(30)20-24)42-37(45)34(25-10-4-2-5-11-25)47-29-16-8-14-27(21-29)40-36(44)32(22-28-15-9-19-46-28)41-35(43)26-12-6-3-7-13-26/h2-16,19,21-22,24,34H,17-18,20H2,1H3,(H,40,44)(H,41,43)(H,42,45)/b32-22-. The number of amides is 3. The minimum absolute atomic E-state index is 0.000246. The van der Waals surface area contributed by atoms with Crippen molar-refractivity contribution in [3.8, 4) is 6.07 Å². The number of thiophene rings is 1. The van der Waals surface area contributed by atoms with Crippen molar-refractivity contribution >= 4 is 57.6 Å². The average Bonchev–Trinajstić information content (AvgIpc) is 3.74. The summed E-state index contributed by atoms with van der Waals surface area (Å²) in [4.78, 5) is 42.3. The number of furan rings is 1. The Morgan fingerprint density at radius 2 is 1.75 bits per heavy atom. The van der Waals surface area contributed by atoms with Crippen LogP contribution in [0, 0.1) is 17.2 Å². The highest BCUT2D eigenvalue weighted by molar-refractivity contribution is 8.00. The molecule has 0 aliphatic heterocycles. The number of nitrogens with one attached hydrogen (secondary N) is 3. The SMILES string of the molecule is CC1CCc2c(sc(NC(=O)C(Sc3cccc(NC(=O)/C(=C/c4ccco4)NC(=O)c4ccccc4)c3)c3ccccc3)c2C#N)C1. The fourth-order valence-electron chi connectivity index (χ4n) is 5.48. The summed E-state index contributed by atoms with van der Waals surface area (Å²) in [5.74, 6) is -0.282. The van der Waals surface area contributed by atoms with Gasteiger partial charge in [-0.3, -0.25) is 14.4 Å². The summed E-state index contributed by atoms with van der Waals surface area (Å²) in [6.07, 6.45) is 5.72. The Balaban J connectivity index is 1.22. The van der Waals surface area contributed by atoms with E-state index >= 15 is 0 Å². The Morgan fingerprint density at radius 1 is 0.979 bits per heavy atom. The molecule has 1 aliphatic carbocycles. The predicted molar refractivity (Wildman–Crippen MR) is 190 cm³/mol. The number of anilines is 2. The van der Waals surface area contributed by atoms with Crippen LogP contribution in [0.3, 0.4) is 0 Å². The van der Waals surface area contributed by atoms with E-state index in [1.54, 1.807) is 60.7 Å². The van der Waals surface area contributed by atoms with E-state index in [0.29, 0.717) is 33.5 Å². The zero-order valence-corrected chi connectivity index (χ0v) is 27.7. The molecule has 0 saturated heterocycles. The molecule has 240 valence electrons. The first-order chi connectivity index (χ1) is 23.4. The maximum atomic E-state index is 13.9. The van der Waals surface area contributed by atoms with E-state index in [9.17, 15) is 19.6 Å². The summed E-state index contributed by atoms with van der Waals surface area (Å²) in [6, 6.07) is 30.9. The number of carbonyl (C=O) groups is 3. The maximum absolute atomic E-state index is 13.9. The summed E-state index contributed by atoms with van der Waals surface area (Å²) < 4.78 is 5.40. The van der Waals surface area contributed by atoms with Crippen LogP contribution in [0.25, 0.3) is 6.08 Å². The lowest BCUT2D eigenvalue weighted by Crippen LogP contribution is -2.30. The lowest BCUT2D eigenvalue weighted by Gasteiger charge is -2.18. The van der Waals surface area contributed by atoms with Gasteiger partial charge in [0.05, 0.1) is 11.8 Å². The van der Waals surface area contributed by atoms with Gasteiger partial charge in [0, 0.05) is 27.1 Å². The molecule has 0 fully saturated rings. The number of hydrogen-bond donors (Lipinski definition) is 3. The van der Waals surface area contributed by atoms with Crippen LogP contribution in [0.4, 0.5) is 10.7 Å². The van der Waals surface area contributed by atoms with Gasteiger partial charge >= 0.3 is 0 Å². The van der Waals surface area contributed by atoms with Gasteiger partial charge in [-0.2, -0.15) is 5.26 Å². The highest BCUT2D eigenvalue weighted by Gasteiger charge is 2.28. The van der Waals surface area contributed by atoms with Crippen LogP contribution in [-0.4, -0.2) is 17.7 Å². The molecule has 2 aromatic heterocycles. The van der Waals surface area contributed by atoms with Gasteiger partial charge in [0.15, 0.2) is 0 Å². The van der Waals surface area contributed by atoms with Crippen molar-refractivity contribution in [2.24, 2.45) is 5.92 Å². The Kier molecular flexibility index (Phi) is 10.2. The largest absolute Gasteiger partial charge is 0.465 e. The first-order valence-electron chi connectivity index (χ1n) is 15.5. The highest BCUT2D eigenvalue weighted by Crippen LogP contribution is 2.42. The summed E-state index contributed by atoms with van der Waals surface area (Å²) in [5.41, 5.74) is 3.30. The molecule has 0 saturated carbocycles. The molecule has 0 spiro atoms. The van der Waals surface area contributed by atoms with Crippen LogP contribution in [0.15, 0.2) is 118 Å². The van der Waals surface area contributed by atoms with Gasteiger partial charge < -0.3 is 20.4 Å². The number of benzene rings is 3. The smallest absolute Gasteiger partial charge is 0.272 e. The zero-order chi connectivity index (χ0) is 33.5. The third-order valence-electron chi connectivity index (χ3n) is 7.91. The van der Waals surface area contributed by atoms with Crippen LogP contribution in [-0.2, 0) is 22.4 Å². The molecule has 2 heterocycles. The van der Waals surface area contributed by atoms with Crippen molar-refractivity contribution in [2.45, 2.75) is 36.3 Å². The van der Waals surface area contributed by atoms with Gasteiger partial charge in [-0.05, 0) is 78.8 Å². The quantitative estimate of drug-likeness (QED) is 0.101. The van der Waals surface area contributed by atoms with Gasteiger partial charge in [-0.1, -0.05) is 61.5 Å². The van der Waals surface area contributed by atoms with Gasteiger partial charge in [-0.25, -0.2) is 0 Å². The lowest BCUT2D eigenvalue weighted by molar-refractivity contribution is -0.116. The molecule has 3 aromatic carbocycles. The number of thioether (sulfide) groups is 1. The van der Waals surface area contributed by atoms with Crippen molar-refractivity contribution in [1.29, 1.82) is 5.26 Å². The van der Waals surface area contributed by atoms with Gasteiger partial charge in [0.2, 0.25) is 5.91 Å². The third-order valence-corrected chi connectivity index (χ3v) is 10.3. The van der Waals surface area contributed by atoms with E-state index in [-0.39, 0.29) is 11.6 Å². The number of fused-ring (bicyclic) bond motifs is 1. The molecule has 5 aromatic rings. The predicted octanol–water partition coefficient (Wildman–Crippen LogP) is 8.22. The molecular weight excluding hydrogens is 641 g/mol. The first kappa shape index (κ1) is 32.6. The van der Waals surface area contributed by atoms with Crippen LogP contribution in [0.2, 0.25) is 0 Å². The number of hydrogen-bond acceptors (Lipinski definition) is 7. The van der Waals surface area contributed by atoms with Gasteiger partial charge in [0.25, 0.3) is 11.8 Å². The molecule has 48 heavy (non-hydrogen) atoms.